The maximum absolute atomic E-state index is 13.3. The normalized spacial score (nSPS) is 24.9. The molecule has 2 aliphatic rings. The highest BCUT2D eigenvalue weighted by Gasteiger charge is 2.31. The zero-order valence-corrected chi connectivity index (χ0v) is 18.2. The largest absolute Gasteiger partial charge is 0.446 e. The van der Waals surface area contributed by atoms with Gasteiger partial charge in [0.15, 0.2) is 5.82 Å². The third kappa shape index (κ3) is 6.50. The number of carbonyl (C=O) groups is 2. The first-order valence-corrected chi connectivity index (χ1v) is 11.3. The lowest BCUT2D eigenvalue weighted by atomic mass is 9.93. The van der Waals surface area contributed by atoms with E-state index in [9.17, 15) is 23.5 Å². The van der Waals surface area contributed by atoms with Crippen molar-refractivity contribution in [1.29, 1.82) is 0 Å². The van der Waals surface area contributed by atoms with Gasteiger partial charge >= 0.3 is 6.09 Å². The highest BCUT2D eigenvalue weighted by molar-refractivity contribution is 5.91. The predicted octanol–water partition coefficient (Wildman–Crippen LogP) is 3.53. The van der Waals surface area contributed by atoms with Crippen molar-refractivity contribution in [2.45, 2.75) is 75.5 Å². The number of aliphatic hydroxyl groups is 1. The van der Waals surface area contributed by atoms with Crippen molar-refractivity contribution in [3.05, 3.63) is 47.2 Å². The molecule has 10 heteroatoms. The number of halogens is 2. The van der Waals surface area contributed by atoms with Gasteiger partial charge in [-0.2, -0.15) is 5.10 Å². The van der Waals surface area contributed by atoms with Crippen molar-refractivity contribution in [3.8, 4) is 0 Å². The lowest BCUT2D eigenvalue weighted by Gasteiger charge is -2.26. The molecule has 0 aliphatic heterocycles. The van der Waals surface area contributed by atoms with E-state index in [0.29, 0.717) is 25.1 Å². The Morgan fingerprint density at radius 3 is 2.52 bits per heavy atom. The van der Waals surface area contributed by atoms with Crippen molar-refractivity contribution < 1.29 is 28.2 Å². The fraction of sp³-hybridized carbons (Fsp3) is 0.522. The van der Waals surface area contributed by atoms with E-state index in [-0.39, 0.29) is 36.2 Å². The number of aromatic nitrogens is 2. The average molecular weight is 462 g/mol. The molecule has 33 heavy (non-hydrogen) atoms. The van der Waals surface area contributed by atoms with Crippen molar-refractivity contribution in [2.24, 2.45) is 0 Å². The van der Waals surface area contributed by atoms with Gasteiger partial charge in [-0.15, -0.1) is 0 Å². The van der Waals surface area contributed by atoms with Crippen LogP contribution < -0.4 is 10.6 Å². The topological polar surface area (TPSA) is 116 Å². The SMILES string of the molecule is O=C(Cc1cc(F)cc(F)c1)Nc1cc([C@@H]2CCC(OC(=O)NC3CCC(O)CC3)C2)[nH]n1. The number of rotatable bonds is 6. The van der Waals surface area contributed by atoms with Crippen LogP contribution >= 0.6 is 0 Å². The maximum Gasteiger partial charge on any atom is 0.407 e. The number of H-pyrrole nitrogens is 1. The number of hydrogen-bond acceptors (Lipinski definition) is 5. The van der Waals surface area contributed by atoms with E-state index < -0.39 is 23.6 Å². The highest BCUT2D eigenvalue weighted by atomic mass is 19.1. The van der Waals surface area contributed by atoms with Gasteiger partial charge in [0.2, 0.25) is 5.91 Å². The predicted molar refractivity (Wildman–Crippen MR) is 116 cm³/mol. The first-order chi connectivity index (χ1) is 15.8. The Balaban J connectivity index is 1.23. The van der Waals surface area contributed by atoms with Crippen LogP contribution in [0.3, 0.4) is 0 Å². The number of benzene rings is 1. The van der Waals surface area contributed by atoms with Crippen molar-refractivity contribution in [1.82, 2.24) is 15.5 Å². The molecule has 4 rings (SSSR count). The summed E-state index contributed by atoms with van der Waals surface area (Å²) in [4.78, 5) is 24.4. The second-order valence-electron chi connectivity index (χ2n) is 8.90. The van der Waals surface area contributed by atoms with Gasteiger partial charge < -0.3 is 20.5 Å². The van der Waals surface area contributed by atoms with Crippen LogP contribution in [0.4, 0.5) is 19.4 Å². The summed E-state index contributed by atoms with van der Waals surface area (Å²) in [5.74, 6) is -1.46. The van der Waals surface area contributed by atoms with Gasteiger partial charge in [-0.05, 0) is 62.6 Å². The monoisotopic (exact) mass is 462 g/mol. The number of carbonyl (C=O) groups excluding carboxylic acids is 2. The third-order valence-corrected chi connectivity index (χ3v) is 6.27. The number of alkyl carbamates (subject to hydrolysis) is 1. The number of anilines is 1. The Kier molecular flexibility index (Phi) is 7.22. The number of amides is 2. The molecule has 178 valence electrons. The van der Waals surface area contributed by atoms with Gasteiger partial charge in [0.25, 0.3) is 0 Å². The Morgan fingerprint density at radius 2 is 1.79 bits per heavy atom. The van der Waals surface area contributed by atoms with Crippen molar-refractivity contribution in [3.63, 3.8) is 0 Å². The Bertz CT molecular complexity index is 970. The molecular formula is C23H28F2N4O4. The lowest BCUT2D eigenvalue weighted by Crippen LogP contribution is -2.40. The molecule has 0 saturated heterocycles. The standard InChI is InChI=1S/C23H28F2N4O4/c24-15-7-13(8-16(25)11-15)9-22(31)27-21-12-20(28-29-21)14-1-6-19(10-14)33-23(32)26-17-2-4-18(30)5-3-17/h7-8,11-12,14,17-19,30H,1-6,9-10H2,(H,26,32)(H2,27,28,29,31)/t14-,17?,18?,19?/m1/s1. The second kappa shape index (κ2) is 10.3. The molecule has 1 heterocycles. The lowest BCUT2D eigenvalue weighted by molar-refractivity contribution is -0.115. The number of aliphatic hydroxyl groups excluding tert-OH is 1. The summed E-state index contributed by atoms with van der Waals surface area (Å²) in [5, 5.41) is 22.1. The molecule has 2 atom stereocenters. The third-order valence-electron chi connectivity index (χ3n) is 6.27. The second-order valence-corrected chi connectivity index (χ2v) is 8.90. The number of ether oxygens (including phenoxy) is 1. The summed E-state index contributed by atoms with van der Waals surface area (Å²) in [6.45, 7) is 0. The quantitative estimate of drug-likeness (QED) is 0.524. The molecule has 1 aromatic carbocycles. The Labute approximate surface area is 190 Å². The molecule has 8 nitrogen and oxygen atoms in total. The van der Waals surface area contributed by atoms with Crippen LogP contribution in [0.1, 0.15) is 62.1 Å². The molecular weight excluding hydrogens is 434 g/mol. The van der Waals surface area contributed by atoms with E-state index in [1.165, 1.54) is 0 Å². The molecule has 0 spiro atoms. The molecule has 2 saturated carbocycles. The van der Waals surface area contributed by atoms with Crippen LogP contribution in [0.15, 0.2) is 24.3 Å². The first kappa shape index (κ1) is 23.2. The zero-order chi connectivity index (χ0) is 23.4. The summed E-state index contributed by atoms with van der Waals surface area (Å²) in [6, 6.07) is 4.76. The summed E-state index contributed by atoms with van der Waals surface area (Å²) < 4.78 is 32.2. The van der Waals surface area contributed by atoms with Gasteiger partial charge in [0.1, 0.15) is 17.7 Å². The summed E-state index contributed by atoms with van der Waals surface area (Å²) in [7, 11) is 0. The minimum absolute atomic E-state index is 0.0424. The Morgan fingerprint density at radius 1 is 1.06 bits per heavy atom. The summed E-state index contributed by atoms with van der Waals surface area (Å²) in [6.07, 6.45) is 3.99. The fourth-order valence-corrected chi connectivity index (χ4v) is 4.60. The number of aromatic amines is 1. The maximum atomic E-state index is 13.3. The van der Waals surface area contributed by atoms with Crippen LogP contribution in [0.2, 0.25) is 0 Å². The summed E-state index contributed by atoms with van der Waals surface area (Å²) in [5.41, 5.74) is 1.06. The minimum Gasteiger partial charge on any atom is -0.446 e. The van der Waals surface area contributed by atoms with Gasteiger partial charge in [-0.1, -0.05) is 0 Å². The van der Waals surface area contributed by atoms with E-state index in [4.69, 9.17) is 4.74 Å². The van der Waals surface area contributed by atoms with Crippen molar-refractivity contribution in [2.75, 3.05) is 5.32 Å². The number of nitrogens with zero attached hydrogens (tertiary/aromatic N) is 1. The molecule has 1 unspecified atom stereocenters. The van der Waals surface area contributed by atoms with Crippen LogP contribution in [0, 0.1) is 11.6 Å². The first-order valence-electron chi connectivity index (χ1n) is 11.3. The molecule has 4 N–H and O–H groups in total. The smallest absolute Gasteiger partial charge is 0.407 e. The van der Waals surface area contributed by atoms with Gasteiger partial charge in [-0.25, -0.2) is 13.6 Å². The van der Waals surface area contributed by atoms with Gasteiger partial charge in [0, 0.05) is 29.8 Å². The van der Waals surface area contributed by atoms with Crippen LogP contribution in [0.5, 0.6) is 0 Å². The van der Waals surface area contributed by atoms with Crippen LogP contribution in [0.25, 0.3) is 0 Å². The zero-order valence-electron chi connectivity index (χ0n) is 18.2. The highest BCUT2D eigenvalue weighted by Crippen LogP contribution is 2.36. The molecule has 0 bridgehead atoms. The summed E-state index contributed by atoms with van der Waals surface area (Å²) >= 11 is 0. The average Bonchev–Trinajstić information content (AvgIpc) is 3.38. The number of hydrogen-bond donors (Lipinski definition) is 4. The van der Waals surface area contributed by atoms with E-state index in [0.717, 1.165) is 49.6 Å². The van der Waals surface area contributed by atoms with Gasteiger partial charge in [-0.3, -0.25) is 9.89 Å². The Hall–Kier alpha value is -3.01. The van der Waals surface area contributed by atoms with Gasteiger partial charge in [0.05, 0.1) is 12.5 Å². The number of nitrogens with one attached hydrogen (secondary N) is 3. The molecule has 1 aromatic heterocycles. The van der Waals surface area contributed by atoms with Crippen molar-refractivity contribution >= 4 is 17.8 Å². The molecule has 0 radical (unpaired) electrons. The van der Waals surface area contributed by atoms with E-state index >= 15 is 0 Å². The molecule has 2 aliphatic carbocycles. The molecule has 2 aromatic rings. The van der Waals surface area contributed by atoms with Crippen LogP contribution in [-0.2, 0) is 16.0 Å². The van der Waals surface area contributed by atoms with Crippen LogP contribution in [-0.4, -0.2) is 45.6 Å². The van der Waals surface area contributed by atoms with E-state index in [1.54, 1.807) is 6.07 Å². The molecule has 2 fully saturated rings. The fourth-order valence-electron chi connectivity index (χ4n) is 4.60. The van der Waals surface area contributed by atoms with E-state index in [1.807, 2.05) is 0 Å². The molecule has 2 amide bonds. The minimum atomic E-state index is -0.732. The van der Waals surface area contributed by atoms with E-state index in [2.05, 4.69) is 20.8 Å².